The molecule has 0 fully saturated rings. The molecule has 0 radical (unpaired) electrons. The first-order valence-electron chi connectivity index (χ1n) is 8.98. The lowest BCUT2D eigenvalue weighted by molar-refractivity contribution is -0.127. The van der Waals surface area contributed by atoms with Gasteiger partial charge < -0.3 is 20.3 Å². The van der Waals surface area contributed by atoms with E-state index < -0.39 is 0 Å². The third-order valence-corrected chi connectivity index (χ3v) is 4.23. The Morgan fingerprint density at radius 1 is 1.22 bits per heavy atom. The first-order chi connectivity index (χ1) is 12.1. The van der Waals surface area contributed by atoms with Crippen molar-refractivity contribution in [2.75, 3.05) is 34.3 Å². The molecule has 27 heavy (non-hydrogen) atoms. The first-order valence-corrected chi connectivity index (χ1v) is 8.98. The summed E-state index contributed by atoms with van der Waals surface area (Å²) in [5.74, 6) is 0.556. The molecule has 2 unspecified atom stereocenters. The van der Waals surface area contributed by atoms with Crippen LogP contribution in [-0.2, 0) is 9.53 Å². The number of rotatable bonds is 7. The molecule has 0 aromatic heterocycles. The average Bonchev–Trinajstić information content (AvgIpc) is 2.58. The second-order valence-corrected chi connectivity index (χ2v) is 7.70. The summed E-state index contributed by atoms with van der Waals surface area (Å²) >= 11 is 0. The summed E-state index contributed by atoms with van der Waals surface area (Å²) in [4.78, 5) is 17.9. The van der Waals surface area contributed by atoms with Crippen molar-refractivity contribution in [3.63, 3.8) is 0 Å². The highest BCUT2D eigenvalue weighted by molar-refractivity contribution is 14.0. The monoisotopic (exact) mass is 490 g/mol. The Labute approximate surface area is 181 Å². The number of carbonyl (C=O) groups is 1. The van der Waals surface area contributed by atoms with Gasteiger partial charge in [0.25, 0.3) is 0 Å². The van der Waals surface area contributed by atoms with Crippen molar-refractivity contribution in [3.8, 4) is 0 Å². The van der Waals surface area contributed by atoms with Crippen LogP contribution in [0.5, 0.6) is 0 Å². The quantitative estimate of drug-likeness (QED) is 0.351. The second-order valence-electron chi connectivity index (χ2n) is 7.70. The average molecular weight is 490 g/mol. The summed E-state index contributed by atoms with van der Waals surface area (Å²) in [5, 5.41) is 6.69. The van der Waals surface area contributed by atoms with Crippen molar-refractivity contribution >= 4 is 35.8 Å². The molecule has 0 bridgehead atoms. The smallest absolute Gasteiger partial charge is 0.243 e. The van der Waals surface area contributed by atoms with Gasteiger partial charge in [0.1, 0.15) is 6.54 Å². The topological polar surface area (TPSA) is 66.0 Å². The number of ether oxygens (including phenoxy) is 1. The summed E-state index contributed by atoms with van der Waals surface area (Å²) < 4.78 is 5.60. The van der Waals surface area contributed by atoms with Gasteiger partial charge in [-0.2, -0.15) is 0 Å². The van der Waals surface area contributed by atoms with Crippen molar-refractivity contribution in [1.82, 2.24) is 15.5 Å². The Balaban J connectivity index is 0.00000676. The van der Waals surface area contributed by atoms with Gasteiger partial charge in [-0.25, -0.2) is 4.99 Å². The Kier molecular flexibility index (Phi) is 11.6. The summed E-state index contributed by atoms with van der Waals surface area (Å²) in [6.07, 6.45) is 0.0195. The van der Waals surface area contributed by atoms with Gasteiger partial charge in [0.15, 0.2) is 5.96 Å². The number of nitrogens with one attached hydrogen (secondary N) is 2. The molecule has 0 aliphatic heterocycles. The molecule has 154 valence electrons. The number of benzene rings is 1. The Hall–Kier alpha value is -1.35. The standard InChI is InChI=1S/C20H34N4O2.HI/c1-15(16-11-9-8-10-12-16)23-19(22-14-18(25)24(5)6)21-13-17(26-7)20(2,3)4;/h8-12,15,17H,13-14H2,1-7H3,(H2,21,22,23);1H. The van der Waals surface area contributed by atoms with Crippen LogP contribution in [0.2, 0.25) is 0 Å². The molecule has 0 aliphatic carbocycles. The molecule has 1 rings (SSSR count). The van der Waals surface area contributed by atoms with Crippen LogP contribution >= 0.6 is 24.0 Å². The number of methoxy groups -OCH3 is 1. The van der Waals surface area contributed by atoms with Crippen molar-refractivity contribution < 1.29 is 9.53 Å². The van der Waals surface area contributed by atoms with Gasteiger partial charge in [0.2, 0.25) is 5.91 Å². The van der Waals surface area contributed by atoms with Crippen LogP contribution < -0.4 is 10.6 Å². The highest BCUT2D eigenvalue weighted by Gasteiger charge is 2.24. The number of hydrogen-bond acceptors (Lipinski definition) is 3. The molecule has 2 atom stereocenters. The van der Waals surface area contributed by atoms with E-state index in [0.717, 1.165) is 5.56 Å². The third-order valence-electron chi connectivity index (χ3n) is 4.23. The van der Waals surface area contributed by atoms with Gasteiger partial charge in [-0.15, -0.1) is 24.0 Å². The van der Waals surface area contributed by atoms with Gasteiger partial charge in [0, 0.05) is 27.7 Å². The van der Waals surface area contributed by atoms with E-state index in [9.17, 15) is 4.79 Å². The fraction of sp³-hybridized carbons (Fsp3) is 0.600. The molecule has 0 heterocycles. The molecule has 2 N–H and O–H groups in total. The maximum absolute atomic E-state index is 11.9. The molecule has 1 aromatic rings. The lowest BCUT2D eigenvalue weighted by Crippen LogP contribution is -2.46. The van der Waals surface area contributed by atoms with Crippen LogP contribution in [0.25, 0.3) is 0 Å². The van der Waals surface area contributed by atoms with E-state index in [4.69, 9.17) is 4.74 Å². The van der Waals surface area contributed by atoms with E-state index >= 15 is 0 Å². The Morgan fingerprint density at radius 2 is 1.81 bits per heavy atom. The van der Waals surface area contributed by atoms with Crippen LogP contribution in [0.15, 0.2) is 35.3 Å². The summed E-state index contributed by atoms with van der Waals surface area (Å²) in [6.45, 7) is 9.16. The largest absolute Gasteiger partial charge is 0.379 e. The zero-order valence-corrected chi connectivity index (χ0v) is 19.9. The van der Waals surface area contributed by atoms with Crippen molar-refractivity contribution in [2.45, 2.75) is 39.8 Å². The molecular weight excluding hydrogens is 455 g/mol. The predicted octanol–water partition coefficient (Wildman–Crippen LogP) is 3.05. The minimum Gasteiger partial charge on any atom is -0.379 e. The van der Waals surface area contributed by atoms with Crippen molar-refractivity contribution in [3.05, 3.63) is 35.9 Å². The van der Waals surface area contributed by atoms with Crippen LogP contribution in [0.1, 0.15) is 39.3 Å². The van der Waals surface area contributed by atoms with Crippen molar-refractivity contribution in [1.29, 1.82) is 0 Å². The summed E-state index contributed by atoms with van der Waals surface area (Å²) in [5.41, 5.74) is 1.15. The van der Waals surface area contributed by atoms with Gasteiger partial charge >= 0.3 is 0 Å². The van der Waals surface area contributed by atoms with E-state index in [1.807, 2.05) is 18.2 Å². The minimum atomic E-state index is -0.0439. The number of aliphatic imine (C=N–C) groups is 1. The zero-order valence-electron chi connectivity index (χ0n) is 17.6. The molecule has 0 aliphatic rings. The fourth-order valence-electron chi connectivity index (χ4n) is 2.40. The van der Waals surface area contributed by atoms with E-state index in [-0.39, 0.29) is 54.0 Å². The zero-order chi connectivity index (χ0) is 19.7. The van der Waals surface area contributed by atoms with Gasteiger partial charge in [-0.05, 0) is 17.9 Å². The molecule has 0 spiro atoms. The maximum atomic E-state index is 11.9. The Bertz CT molecular complexity index is 585. The van der Waals surface area contributed by atoms with E-state index in [0.29, 0.717) is 12.5 Å². The molecule has 7 heteroatoms. The summed E-state index contributed by atoms with van der Waals surface area (Å²) in [6, 6.07) is 10.2. The number of nitrogens with zero attached hydrogens (tertiary/aromatic N) is 2. The molecule has 1 amide bonds. The predicted molar refractivity (Wildman–Crippen MR) is 123 cm³/mol. The molecule has 0 saturated carbocycles. The molecular formula is C20H35IN4O2. The minimum absolute atomic E-state index is 0. The van der Waals surface area contributed by atoms with E-state index in [2.05, 4.69) is 55.5 Å². The van der Waals surface area contributed by atoms with Crippen LogP contribution in [0, 0.1) is 5.41 Å². The molecule has 6 nitrogen and oxygen atoms in total. The van der Waals surface area contributed by atoms with Crippen LogP contribution in [0.4, 0.5) is 0 Å². The van der Waals surface area contributed by atoms with Gasteiger partial charge in [-0.3, -0.25) is 4.79 Å². The number of carbonyl (C=O) groups excluding carboxylic acids is 1. The number of guanidine groups is 1. The van der Waals surface area contributed by atoms with Gasteiger partial charge in [-0.1, -0.05) is 51.1 Å². The third kappa shape index (κ3) is 9.41. The SMILES string of the molecule is COC(CNC(=NCC(=O)N(C)C)NC(C)c1ccccc1)C(C)(C)C.I. The summed E-state index contributed by atoms with van der Waals surface area (Å²) in [7, 11) is 5.17. The molecule has 0 saturated heterocycles. The van der Waals surface area contributed by atoms with Crippen LogP contribution in [0.3, 0.4) is 0 Å². The fourth-order valence-corrected chi connectivity index (χ4v) is 2.40. The maximum Gasteiger partial charge on any atom is 0.243 e. The van der Waals surface area contributed by atoms with E-state index in [1.54, 1.807) is 21.2 Å². The lowest BCUT2D eigenvalue weighted by Gasteiger charge is -2.30. The normalized spacial score (nSPS) is 14.0. The number of amides is 1. The highest BCUT2D eigenvalue weighted by Crippen LogP contribution is 2.21. The van der Waals surface area contributed by atoms with E-state index in [1.165, 1.54) is 4.90 Å². The highest BCUT2D eigenvalue weighted by atomic mass is 127. The van der Waals surface area contributed by atoms with Crippen molar-refractivity contribution in [2.24, 2.45) is 10.4 Å². The number of halogens is 1. The molecule has 1 aromatic carbocycles. The van der Waals surface area contributed by atoms with Crippen LogP contribution in [-0.4, -0.2) is 57.2 Å². The first kappa shape index (κ1) is 25.6. The number of hydrogen-bond donors (Lipinski definition) is 2. The number of likely N-dealkylation sites (N-methyl/N-ethyl adjacent to an activating group) is 1. The second kappa shape index (κ2) is 12.2. The lowest BCUT2D eigenvalue weighted by atomic mass is 9.89. The van der Waals surface area contributed by atoms with Gasteiger partial charge in [0.05, 0.1) is 12.1 Å². The Morgan fingerprint density at radius 3 is 2.30 bits per heavy atom.